The van der Waals surface area contributed by atoms with Gasteiger partial charge in [0.2, 0.25) is 0 Å². The number of hydrogen-bond donors (Lipinski definition) is 1. The molecule has 14 heavy (non-hydrogen) atoms. The van der Waals surface area contributed by atoms with E-state index in [0.717, 1.165) is 13.1 Å². The van der Waals surface area contributed by atoms with Gasteiger partial charge in [-0.2, -0.15) is 11.8 Å². The minimum atomic E-state index is 0.957. The van der Waals surface area contributed by atoms with Crippen molar-refractivity contribution in [3.8, 4) is 0 Å². The van der Waals surface area contributed by atoms with Crippen LogP contribution in [0.15, 0.2) is 0 Å². The molecule has 0 saturated carbocycles. The number of thioether (sulfide) groups is 1. The van der Waals surface area contributed by atoms with E-state index in [2.05, 4.69) is 16.6 Å². The van der Waals surface area contributed by atoms with Gasteiger partial charge in [-0.15, -0.1) is 11.3 Å². The predicted octanol–water partition coefficient (Wildman–Crippen LogP) is 2.08. The fraction of sp³-hybridized carbons (Fsp3) is 0.700. The van der Waals surface area contributed by atoms with E-state index in [9.17, 15) is 0 Å². The lowest BCUT2D eigenvalue weighted by Gasteiger charge is -1.99. The van der Waals surface area contributed by atoms with Crippen LogP contribution in [0.2, 0.25) is 0 Å². The van der Waals surface area contributed by atoms with Gasteiger partial charge < -0.3 is 5.32 Å². The zero-order valence-corrected chi connectivity index (χ0v) is 10.1. The topological polar surface area (TPSA) is 24.9 Å². The Hall–Kier alpha value is -0.0600. The number of nitrogens with one attached hydrogen (secondary N) is 1. The molecule has 0 fully saturated rings. The normalized spacial score (nSPS) is 14.6. The average molecular weight is 228 g/mol. The second-order valence-corrected chi connectivity index (χ2v) is 5.65. The lowest BCUT2D eigenvalue weighted by molar-refractivity contribution is 0.724. The van der Waals surface area contributed by atoms with Crippen LogP contribution in [0.5, 0.6) is 0 Å². The smallest absolute Gasteiger partial charge is 0.107 e. The van der Waals surface area contributed by atoms with Crippen molar-refractivity contribution in [2.24, 2.45) is 0 Å². The lowest BCUT2D eigenvalue weighted by Crippen LogP contribution is -2.16. The second kappa shape index (κ2) is 5.14. The fourth-order valence-corrected chi connectivity index (χ4v) is 3.16. The van der Waals surface area contributed by atoms with E-state index in [1.807, 2.05) is 23.1 Å². The van der Waals surface area contributed by atoms with Gasteiger partial charge in [0.1, 0.15) is 5.01 Å². The van der Waals surface area contributed by atoms with E-state index in [0.29, 0.717) is 0 Å². The molecule has 1 heterocycles. The molecule has 0 amide bonds. The van der Waals surface area contributed by atoms with Gasteiger partial charge in [-0.25, -0.2) is 4.98 Å². The summed E-state index contributed by atoms with van der Waals surface area (Å²) in [6.45, 7) is 2.05. The summed E-state index contributed by atoms with van der Waals surface area (Å²) >= 11 is 3.78. The molecule has 0 radical (unpaired) electrons. The summed E-state index contributed by atoms with van der Waals surface area (Å²) in [5.74, 6) is 1.19. The predicted molar refractivity (Wildman–Crippen MR) is 64.2 cm³/mol. The van der Waals surface area contributed by atoms with Crippen molar-refractivity contribution >= 4 is 23.1 Å². The van der Waals surface area contributed by atoms with Crippen LogP contribution < -0.4 is 5.32 Å². The van der Waals surface area contributed by atoms with Crippen LogP contribution >= 0.6 is 23.1 Å². The zero-order valence-electron chi connectivity index (χ0n) is 8.51. The molecule has 0 bridgehead atoms. The summed E-state index contributed by atoms with van der Waals surface area (Å²) in [7, 11) is 0. The van der Waals surface area contributed by atoms with E-state index in [-0.39, 0.29) is 0 Å². The number of aryl methyl sites for hydroxylation is 2. The first-order valence-corrected chi connectivity index (χ1v) is 7.28. The third-order valence-corrected chi connectivity index (χ3v) is 4.17. The molecule has 2 rings (SSSR count). The Morgan fingerprint density at radius 2 is 2.43 bits per heavy atom. The maximum absolute atomic E-state index is 4.64. The summed E-state index contributed by atoms with van der Waals surface area (Å²) < 4.78 is 0. The molecule has 1 aromatic rings. The molecule has 78 valence electrons. The Balaban J connectivity index is 1.79. The Labute approximate surface area is 93.5 Å². The first kappa shape index (κ1) is 10.5. The van der Waals surface area contributed by atoms with Crippen molar-refractivity contribution in [1.82, 2.24) is 10.3 Å². The highest BCUT2D eigenvalue weighted by Gasteiger charge is 2.15. The summed E-state index contributed by atoms with van der Waals surface area (Å²) in [4.78, 5) is 6.17. The van der Waals surface area contributed by atoms with Crippen LogP contribution in [0.4, 0.5) is 0 Å². The van der Waals surface area contributed by atoms with Crippen LogP contribution in [-0.4, -0.2) is 23.5 Å². The minimum absolute atomic E-state index is 0.957. The van der Waals surface area contributed by atoms with Crippen LogP contribution in [0.1, 0.15) is 22.0 Å². The monoisotopic (exact) mass is 228 g/mol. The average Bonchev–Trinajstić information content (AvgIpc) is 2.72. The number of aromatic nitrogens is 1. The second-order valence-electron chi connectivity index (χ2n) is 3.50. The standard InChI is InChI=1S/C10H16N2S2/c1-13-6-5-11-7-10-12-8-3-2-4-9(8)14-10/h11H,2-7H2,1H3. The third kappa shape index (κ3) is 2.49. The Kier molecular flexibility index (Phi) is 3.84. The van der Waals surface area contributed by atoms with Gasteiger partial charge >= 0.3 is 0 Å². The lowest BCUT2D eigenvalue weighted by atomic mass is 10.4. The van der Waals surface area contributed by atoms with Gasteiger partial charge in [0, 0.05) is 23.7 Å². The molecule has 1 N–H and O–H groups in total. The highest BCUT2D eigenvalue weighted by Crippen LogP contribution is 2.27. The van der Waals surface area contributed by atoms with Crippen molar-refractivity contribution in [2.75, 3.05) is 18.6 Å². The molecule has 0 atom stereocenters. The Morgan fingerprint density at radius 3 is 3.21 bits per heavy atom. The third-order valence-electron chi connectivity index (χ3n) is 2.40. The molecule has 1 aliphatic carbocycles. The molecule has 2 nitrogen and oxygen atoms in total. The van der Waals surface area contributed by atoms with Crippen LogP contribution in [0.25, 0.3) is 0 Å². The zero-order chi connectivity index (χ0) is 9.80. The summed E-state index contributed by atoms with van der Waals surface area (Å²) in [5.41, 5.74) is 1.37. The molecule has 1 aromatic heterocycles. The van der Waals surface area contributed by atoms with Crippen molar-refractivity contribution in [3.63, 3.8) is 0 Å². The Morgan fingerprint density at radius 1 is 1.50 bits per heavy atom. The highest BCUT2D eigenvalue weighted by molar-refractivity contribution is 7.98. The molecular weight excluding hydrogens is 212 g/mol. The van der Waals surface area contributed by atoms with E-state index < -0.39 is 0 Å². The molecular formula is C10H16N2S2. The van der Waals surface area contributed by atoms with Crippen molar-refractivity contribution in [3.05, 3.63) is 15.6 Å². The Bertz CT molecular complexity index is 275. The molecule has 0 saturated heterocycles. The van der Waals surface area contributed by atoms with E-state index in [1.165, 1.54) is 40.6 Å². The molecule has 0 aliphatic heterocycles. The largest absolute Gasteiger partial charge is 0.310 e. The summed E-state index contributed by atoms with van der Waals surface area (Å²) in [5, 5.41) is 4.69. The van der Waals surface area contributed by atoms with Gasteiger partial charge in [-0.3, -0.25) is 0 Å². The molecule has 1 aliphatic rings. The maximum atomic E-state index is 4.64. The van der Waals surface area contributed by atoms with E-state index >= 15 is 0 Å². The van der Waals surface area contributed by atoms with Gasteiger partial charge in [0.25, 0.3) is 0 Å². The molecule has 0 unspecified atom stereocenters. The van der Waals surface area contributed by atoms with Crippen LogP contribution in [0, 0.1) is 0 Å². The highest BCUT2D eigenvalue weighted by atomic mass is 32.2. The SMILES string of the molecule is CSCCNCc1nc2c(s1)CCC2. The van der Waals surface area contributed by atoms with Gasteiger partial charge in [-0.05, 0) is 25.5 Å². The van der Waals surface area contributed by atoms with Crippen molar-refractivity contribution < 1.29 is 0 Å². The van der Waals surface area contributed by atoms with E-state index in [4.69, 9.17) is 0 Å². The number of nitrogens with zero attached hydrogens (tertiary/aromatic N) is 1. The van der Waals surface area contributed by atoms with Gasteiger partial charge in [0.15, 0.2) is 0 Å². The minimum Gasteiger partial charge on any atom is -0.310 e. The first-order valence-electron chi connectivity index (χ1n) is 5.07. The molecule has 0 spiro atoms. The number of thiazole rings is 1. The quantitative estimate of drug-likeness (QED) is 0.781. The van der Waals surface area contributed by atoms with E-state index in [1.54, 1.807) is 0 Å². The van der Waals surface area contributed by atoms with Crippen molar-refractivity contribution in [2.45, 2.75) is 25.8 Å². The number of rotatable bonds is 5. The van der Waals surface area contributed by atoms with Gasteiger partial charge in [0.05, 0.1) is 5.69 Å². The van der Waals surface area contributed by atoms with Crippen LogP contribution in [-0.2, 0) is 19.4 Å². The summed E-state index contributed by atoms with van der Waals surface area (Å²) in [6, 6.07) is 0. The number of fused-ring (bicyclic) bond motifs is 1. The van der Waals surface area contributed by atoms with Crippen LogP contribution in [0.3, 0.4) is 0 Å². The van der Waals surface area contributed by atoms with Crippen molar-refractivity contribution in [1.29, 1.82) is 0 Å². The number of hydrogen-bond acceptors (Lipinski definition) is 4. The summed E-state index contributed by atoms with van der Waals surface area (Å²) in [6.07, 6.45) is 5.92. The maximum Gasteiger partial charge on any atom is 0.107 e. The molecule has 0 aromatic carbocycles. The fourth-order valence-electron chi connectivity index (χ4n) is 1.69. The van der Waals surface area contributed by atoms with Gasteiger partial charge in [-0.1, -0.05) is 0 Å². The molecule has 4 heteroatoms. The first-order chi connectivity index (χ1) is 6.90.